The Morgan fingerprint density at radius 2 is 2.04 bits per heavy atom. The molecule has 3 atom stereocenters. The maximum Gasteiger partial charge on any atom is 0.181 e. The number of fused-ring (bicyclic) bond motifs is 7. The Labute approximate surface area is 145 Å². The van der Waals surface area contributed by atoms with E-state index < -0.39 is 11.7 Å². The summed E-state index contributed by atoms with van der Waals surface area (Å²) in [5, 5.41) is 11.1. The van der Waals surface area contributed by atoms with Gasteiger partial charge in [-0.25, -0.2) is 0 Å². The lowest BCUT2D eigenvalue weighted by Gasteiger charge is -2.41. The predicted molar refractivity (Wildman–Crippen MR) is 90.5 cm³/mol. The summed E-state index contributed by atoms with van der Waals surface area (Å²) in [6.07, 6.45) is 7.66. The molecule has 1 aliphatic carbocycles. The van der Waals surface area contributed by atoms with Crippen LogP contribution in [0.3, 0.4) is 0 Å². The molecule has 1 aromatic carbocycles. The predicted octanol–water partition coefficient (Wildman–Crippen LogP) is 2.50. The molecular formula is C20H18O5. The lowest BCUT2D eigenvalue weighted by atomic mass is 9.79. The number of carbonyl (C=O) groups is 1. The van der Waals surface area contributed by atoms with Crippen LogP contribution >= 0.6 is 0 Å². The molecule has 5 nitrogen and oxygen atoms in total. The van der Waals surface area contributed by atoms with E-state index in [0.717, 1.165) is 22.6 Å². The lowest BCUT2D eigenvalue weighted by molar-refractivity contribution is -0.113. The lowest BCUT2D eigenvalue weighted by Crippen LogP contribution is -2.53. The van der Waals surface area contributed by atoms with Crippen LogP contribution in [-0.2, 0) is 9.53 Å². The van der Waals surface area contributed by atoms with Crippen molar-refractivity contribution in [2.45, 2.75) is 37.1 Å². The van der Waals surface area contributed by atoms with Gasteiger partial charge in [0.05, 0.1) is 18.1 Å². The van der Waals surface area contributed by atoms with E-state index in [2.05, 4.69) is 0 Å². The van der Waals surface area contributed by atoms with Crippen molar-refractivity contribution >= 4 is 11.9 Å². The first-order chi connectivity index (χ1) is 11.9. The molecule has 128 valence electrons. The molecule has 0 spiro atoms. The maximum absolute atomic E-state index is 11.6. The van der Waals surface area contributed by atoms with E-state index in [1.807, 2.05) is 38.1 Å². The van der Waals surface area contributed by atoms with Crippen LogP contribution in [0.4, 0.5) is 0 Å². The summed E-state index contributed by atoms with van der Waals surface area (Å²) >= 11 is 0. The number of benzene rings is 1. The largest absolute Gasteiger partial charge is 0.493 e. The van der Waals surface area contributed by atoms with Gasteiger partial charge >= 0.3 is 0 Å². The third kappa shape index (κ3) is 1.96. The van der Waals surface area contributed by atoms with Gasteiger partial charge in [-0.05, 0) is 44.2 Å². The number of ketones is 1. The minimum Gasteiger partial charge on any atom is -0.493 e. The van der Waals surface area contributed by atoms with Crippen molar-refractivity contribution in [2.24, 2.45) is 0 Å². The quantitative estimate of drug-likeness (QED) is 0.787. The Hall–Kier alpha value is -2.53. The highest BCUT2D eigenvalue weighted by molar-refractivity contribution is 6.01. The SMILES string of the molecule is CC1(C)C=Cc2c(ccc3c2O[C@H]2[C@@H]3COC3=CC(=O)C=C[C@@]32O)O1. The zero-order valence-electron chi connectivity index (χ0n) is 14.0. The van der Waals surface area contributed by atoms with Gasteiger partial charge in [0.25, 0.3) is 0 Å². The van der Waals surface area contributed by atoms with Crippen molar-refractivity contribution < 1.29 is 24.1 Å². The molecule has 1 saturated heterocycles. The van der Waals surface area contributed by atoms with Gasteiger partial charge in [-0.1, -0.05) is 6.07 Å². The number of aliphatic hydroxyl groups is 1. The third-order valence-electron chi connectivity index (χ3n) is 5.24. The van der Waals surface area contributed by atoms with Crippen molar-refractivity contribution in [3.05, 3.63) is 53.3 Å². The average molecular weight is 338 g/mol. The van der Waals surface area contributed by atoms with Gasteiger partial charge in [0.1, 0.15) is 29.0 Å². The summed E-state index contributed by atoms with van der Waals surface area (Å²) in [6, 6.07) is 3.92. The first-order valence-electron chi connectivity index (χ1n) is 8.40. The van der Waals surface area contributed by atoms with Gasteiger partial charge in [-0.3, -0.25) is 4.79 Å². The minimum absolute atomic E-state index is 0.108. The maximum atomic E-state index is 11.6. The average Bonchev–Trinajstić information content (AvgIpc) is 2.94. The molecule has 5 rings (SSSR count). The molecule has 3 heterocycles. The van der Waals surface area contributed by atoms with E-state index in [9.17, 15) is 9.90 Å². The fourth-order valence-electron chi connectivity index (χ4n) is 3.97. The highest BCUT2D eigenvalue weighted by Crippen LogP contribution is 2.52. The zero-order chi connectivity index (χ0) is 17.4. The summed E-state index contributed by atoms with van der Waals surface area (Å²) in [4.78, 5) is 11.6. The van der Waals surface area contributed by atoms with Crippen LogP contribution in [0.2, 0.25) is 0 Å². The first-order valence-corrected chi connectivity index (χ1v) is 8.40. The number of hydrogen-bond acceptors (Lipinski definition) is 5. The monoisotopic (exact) mass is 338 g/mol. The summed E-state index contributed by atoms with van der Waals surface area (Å²) in [5.41, 5.74) is 0.0862. The molecule has 0 amide bonds. The summed E-state index contributed by atoms with van der Waals surface area (Å²) in [5.74, 6) is 1.45. The minimum atomic E-state index is -1.43. The Morgan fingerprint density at radius 3 is 2.88 bits per heavy atom. The number of carbonyl (C=O) groups excluding carboxylic acids is 1. The third-order valence-corrected chi connectivity index (χ3v) is 5.24. The molecule has 1 aromatic rings. The molecule has 0 aromatic heterocycles. The molecule has 0 unspecified atom stereocenters. The van der Waals surface area contributed by atoms with Crippen LogP contribution in [0, 0.1) is 0 Å². The summed E-state index contributed by atoms with van der Waals surface area (Å²) in [7, 11) is 0. The van der Waals surface area contributed by atoms with Crippen LogP contribution < -0.4 is 9.47 Å². The van der Waals surface area contributed by atoms with Crippen molar-refractivity contribution in [1.82, 2.24) is 0 Å². The molecule has 0 saturated carbocycles. The van der Waals surface area contributed by atoms with Crippen molar-refractivity contribution in [3.8, 4) is 11.5 Å². The molecule has 3 aliphatic heterocycles. The van der Waals surface area contributed by atoms with E-state index in [4.69, 9.17) is 14.2 Å². The molecule has 1 fully saturated rings. The second-order valence-corrected chi connectivity index (χ2v) is 7.46. The van der Waals surface area contributed by atoms with Gasteiger partial charge < -0.3 is 19.3 Å². The molecule has 0 bridgehead atoms. The van der Waals surface area contributed by atoms with Gasteiger partial charge in [-0.15, -0.1) is 0 Å². The zero-order valence-corrected chi connectivity index (χ0v) is 14.0. The standard InChI is InChI=1S/C20H18O5/c1-19(2)7-6-13-15(25-19)4-3-12-14-10-23-16-9-11(21)5-8-20(16,22)18(14)24-17(12)13/h3-9,14,18,22H,10H2,1-2H3/t14-,18+,20-/m1/s1. The van der Waals surface area contributed by atoms with Gasteiger partial charge in [0.2, 0.25) is 0 Å². The van der Waals surface area contributed by atoms with Crippen molar-refractivity contribution in [2.75, 3.05) is 6.61 Å². The Bertz CT molecular complexity index is 892. The topological polar surface area (TPSA) is 65.0 Å². The highest BCUT2D eigenvalue weighted by Gasteiger charge is 2.55. The van der Waals surface area contributed by atoms with Crippen LogP contribution in [-0.4, -0.2) is 34.8 Å². The van der Waals surface area contributed by atoms with Crippen LogP contribution in [0.25, 0.3) is 6.08 Å². The Morgan fingerprint density at radius 1 is 1.20 bits per heavy atom. The summed E-state index contributed by atoms with van der Waals surface area (Å²) < 4.78 is 17.9. The smallest absolute Gasteiger partial charge is 0.181 e. The number of rotatable bonds is 0. The number of hydrogen-bond donors (Lipinski definition) is 1. The van der Waals surface area contributed by atoms with E-state index in [1.165, 1.54) is 18.2 Å². The normalized spacial score (nSPS) is 33.1. The number of allylic oxidation sites excluding steroid dienone is 2. The molecule has 1 N–H and O–H groups in total. The Kier molecular flexibility index (Phi) is 2.69. The van der Waals surface area contributed by atoms with Crippen LogP contribution in [0.15, 0.2) is 42.2 Å². The van der Waals surface area contributed by atoms with E-state index in [1.54, 1.807) is 0 Å². The molecule has 5 heteroatoms. The molecular weight excluding hydrogens is 320 g/mol. The number of ether oxygens (including phenoxy) is 3. The van der Waals surface area contributed by atoms with Gasteiger partial charge in [0.15, 0.2) is 11.4 Å². The van der Waals surface area contributed by atoms with Gasteiger partial charge in [0, 0.05) is 11.6 Å². The van der Waals surface area contributed by atoms with Crippen molar-refractivity contribution in [3.63, 3.8) is 0 Å². The van der Waals surface area contributed by atoms with Crippen molar-refractivity contribution in [1.29, 1.82) is 0 Å². The molecule has 25 heavy (non-hydrogen) atoms. The van der Waals surface area contributed by atoms with E-state index >= 15 is 0 Å². The van der Waals surface area contributed by atoms with Crippen LogP contribution in [0.5, 0.6) is 11.5 Å². The van der Waals surface area contributed by atoms with Gasteiger partial charge in [-0.2, -0.15) is 0 Å². The first kappa shape index (κ1) is 14.8. The highest BCUT2D eigenvalue weighted by atomic mass is 16.5. The molecule has 0 radical (unpaired) electrons. The van der Waals surface area contributed by atoms with Crippen LogP contribution in [0.1, 0.15) is 30.9 Å². The Balaban J connectivity index is 1.60. The van der Waals surface area contributed by atoms with E-state index in [0.29, 0.717) is 6.61 Å². The fourth-order valence-corrected chi connectivity index (χ4v) is 3.97. The molecule has 4 aliphatic rings. The second-order valence-electron chi connectivity index (χ2n) is 7.46. The fraction of sp³-hybridized carbons (Fsp3) is 0.350. The van der Waals surface area contributed by atoms with E-state index in [-0.39, 0.29) is 23.1 Å². The summed E-state index contributed by atoms with van der Waals surface area (Å²) in [6.45, 7) is 4.36. The second kappa shape index (κ2) is 4.55.